The third-order valence-corrected chi connectivity index (χ3v) is 2.97. The fourth-order valence-corrected chi connectivity index (χ4v) is 2.08. The molecule has 2 heterocycles. The summed E-state index contributed by atoms with van der Waals surface area (Å²) in [6, 6.07) is 2.50. The average Bonchev–Trinajstić information content (AvgIpc) is 2.65. The van der Waals surface area contributed by atoms with Gasteiger partial charge >= 0.3 is 0 Å². The van der Waals surface area contributed by atoms with E-state index in [-0.39, 0.29) is 0 Å². The van der Waals surface area contributed by atoms with Crippen LogP contribution in [0.25, 0.3) is 0 Å². The highest BCUT2D eigenvalue weighted by Crippen LogP contribution is 2.14. The van der Waals surface area contributed by atoms with Crippen LogP contribution in [0.3, 0.4) is 0 Å². The van der Waals surface area contributed by atoms with Crippen molar-refractivity contribution in [1.82, 2.24) is 5.32 Å². The molecule has 3 nitrogen and oxygen atoms in total. The molecule has 3 heteroatoms. The second-order valence-electron chi connectivity index (χ2n) is 4.24. The molecule has 1 atom stereocenters. The predicted molar refractivity (Wildman–Crippen MR) is 60.1 cm³/mol. The maximum absolute atomic E-state index is 7.68. The molecule has 0 bridgehead atoms. The van der Waals surface area contributed by atoms with Gasteiger partial charge in [0, 0.05) is 12.5 Å². The van der Waals surface area contributed by atoms with E-state index in [0.717, 1.165) is 25.7 Å². The van der Waals surface area contributed by atoms with Gasteiger partial charge in [0.25, 0.3) is 0 Å². The lowest BCUT2D eigenvalue weighted by Gasteiger charge is -2.16. The lowest BCUT2D eigenvalue weighted by Crippen LogP contribution is -2.32. The summed E-state index contributed by atoms with van der Waals surface area (Å²) in [7, 11) is 0. The van der Waals surface area contributed by atoms with Gasteiger partial charge in [-0.25, -0.2) is 0 Å². The molecule has 1 unspecified atom stereocenters. The SMILES string of the molecule is N=C1CCCCC(CCc2ccoc2)N1. The minimum Gasteiger partial charge on any atom is -0.472 e. The highest BCUT2D eigenvalue weighted by molar-refractivity contribution is 5.79. The summed E-state index contributed by atoms with van der Waals surface area (Å²) < 4.78 is 5.04. The van der Waals surface area contributed by atoms with Crippen molar-refractivity contribution in [2.45, 2.75) is 44.6 Å². The van der Waals surface area contributed by atoms with E-state index >= 15 is 0 Å². The standard InChI is InChI=1S/C12H18N2O/c13-12-4-2-1-3-11(14-12)6-5-10-7-8-15-9-10/h7-9,11H,1-6H2,(H2,13,14). The van der Waals surface area contributed by atoms with Crippen LogP contribution >= 0.6 is 0 Å². The number of hydrogen-bond acceptors (Lipinski definition) is 2. The Labute approximate surface area is 90.4 Å². The van der Waals surface area contributed by atoms with Crippen LogP contribution in [-0.4, -0.2) is 11.9 Å². The van der Waals surface area contributed by atoms with Crippen LogP contribution in [0, 0.1) is 5.41 Å². The maximum atomic E-state index is 7.68. The Bertz CT molecular complexity index is 305. The van der Waals surface area contributed by atoms with E-state index in [2.05, 4.69) is 5.32 Å². The first-order chi connectivity index (χ1) is 7.34. The van der Waals surface area contributed by atoms with Crippen molar-refractivity contribution in [1.29, 1.82) is 5.41 Å². The topological polar surface area (TPSA) is 49.0 Å². The van der Waals surface area contributed by atoms with Crippen molar-refractivity contribution in [3.63, 3.8) is 0 Å². The summed E-state index contributed by atoms with van der Waals surface area (Å²) in [4.78, 5) is 0. The summed E-state index contributed by atoms with van der Waals surface area (Å²) in [6.45, 7) is 0. The Morgan fingerprint density at radius 2 is 2.40 bits per heavy atom. The van der Waals surface area contributed by atoms with E-state index in [9.17, 15) is 0 Å². The number of amidine groups is 1. The maximum Gasteiger partial charge on any atom is 0.0934 e. The molecule has 0 saturated carbocycles. The van der Waals surface area contributed by atoms with Gasteiger partial charge in [-0.15, -0.1) is 0 Å². The normalized spacial score (nSPS) is 22.1. The van der Waals surface area contributed by atoms with E-state index in [4.69, 9.17) is 9.83 Å². The molecule has 0 aromatic carbocycles. The molecule has 1 saturated heterocycles. The number of furan rings is 1. The van der Waals surface area contributed by atoms with Gasteiger partial charge in [-0.3, -0.25) is 5.41 Å². The summed E-state index contributed by atoms with van der Waals surface area (Å²) in [6.07, 6.45) is 10.2. The fourth-order valence-electron chi connectivity index (χ4n) is 2.08. The van der Waals surface area contributed by atoms with Crippen LogP contribution < -0.4 is 5.32 Å². The van der Waals surface area contributed by atoms with E-state index in [0.29, 0.717) is 11.9 Å². The van der Waals surface area contributed by atoms with Gasteiger partial charge in [0.2, 0.25) is 0 Å². The second kappa shape index (κ2) is 5.01. The monoisotopic (exact) mass is 206 g/mol. The molecule has 82 valence electrons. The van der Waals surface area contributed by atoms with Gasteiger partial charge in [-0.2, -0.15) is 0 Å². The molecule has 1 aliphatic heterocycles. The average molecular weight is 206 g/mol. The van der Waals surface area contributed by atoms with Crippen LogP contribution in [0.5, 0.6) is 0 Å². The first-order valence-electron chi connectivity index (χ1n) is 5.69. The third-order valence-electron chi connectivity index (χ3n) is 2.97. The van der Waals surface area contributed by atoms with E-state index in [1.165, 1.54) is 18.4 Å². The zero-order valence-corrected chi connectivity index (χ0v) is 8.96. The molecule has 0 radical (unpaired) electrons. The Balaban J connectivity index is 1.80. The van der Waals surface area contributed by atoms with Crippen molar-refractivity contribution in [3.05, 3.63) is 24.2 Å². The molecule has 1 aromatic heterocycles. The van der Waals surface area contributed by atoms with Crippen molar-refractivity contribution in [3.8, 4) is 0 Å². The van der Waals surface area contributed by atoms with Gasteiger partial charge < -0.3 is 9.73 Å². The minimum atomic E-state index is 0.481. The van der Waals surface area contributed by atoms with Crippen molar-refractivity contribution >= 4 is 5.84 Å². The van der Waals surface area contributed by atoms with Gasteiger partial charge in [-0.1, -0.05) is 6.42 Å². The first-order valence-corrected chi connectivity index (χ1v) is 5.69. The molecule has 2 N–H and O–H groups in total. The molecule has 15 heavy (non-hydrogen) atoms. The van der Waals surface area contributed by atoms with Crippen LogP contribution in [-0.2, 0) is 6.42 Å². The molecule has 0 spiro atoms. The Kier molecular flexibility index (Phi) is 3.43. The summed E-state index contributed by atoms with van der Waals surface area (Å²) in [5, 5.41) is 11.0. The highest BCUT2D eigenvalue weighted by Gasteiger charge is 2.13. The first kappa shape index (κ1) is 10.3. The molecule has 1 fully saturated rings. The molecule has 0 aliphatic carbocycles. The minimum absolute atomic E-state index is 0.481. The van der Waals surface area contributed by atoms with Gasteiger partial charge in [0.05, 0.1) is 18.4 Å². The van der Waals surface area contributed by atoms with E-state index in [1.807, 2.05) is 12.3 Å². The largest absolute Gasteiger partial charge is 0.472 e. The lowest BCUT2D eigenvalue weighted by molar-refractivity contribution is 0.512. The van der Waals surface area contributed by atoms with Crippen LogP contribution in [0.2, 0.25) is 0 Å². The highest BCUT2D eigenvalue weighted by atomic mass is 16.3. The number of aryl methyl sites for hydroxylation is 1. The summed E-state index contributed by atoms with van der Waals surface area (Å²) >= 11 is 0. The molecule has 1 aromatic rings. The second-order valence-corrected chi connectivity index (χ2v) is 4.24. The van der Waals surface area contributed by atoms with E-state index in [1.54, 1.807) is 6.26 Å². The Morgan fingerprint density at radius 3 is 3.20 bits per heavy atom. The lowest BCUT2D eigenvalue weighted by atomic mass is 10.0. The number of hydrogen-bond donors (Lipinski definition) is 2. The summed E-state index contributed by atoms with van der Waals surface area (Å²) in [5.74, 6) is 0.713. The van der Waals surface area contributed by atoms with Crippen LogP contribution in [0.1, 0.15) is 37.7 Å². The van der Waals surface area contributed by atoms with Crippen molar-refractivity contribution in [2.24, 2.45) is 0 Å². The molecule has 1 aliphatic rings. The quantitative estimate of drug-likeness (QED) is 0.798. The molecular weight excluding hydrogens is 188 g/mol. The molecular formula is C12H18N2O. The van der Waals surface area contributed by atoms with E-state index < -0.39 is 0 Å². The van der Waals surface area contributed by atoms with Gasteiger partial charge in [0.15, 0.2) is 0 Å². The van der Waals surface area contributed by atoms with Gasteiger partial charge in [-0.05, 0) is 37.3 Å². The molecule has 0 amide bonds. The zero-order chi connectivity index (χ0) is 10.5. The van der Waals surface area contributed by atoms with Crippen molar-refractivity contribution < 1.29 is 4.42 Å². The van der Waals surface area contributed by atoms with Crippen LogP contribution in [0.4, 0.5) is 0 Å². The number of nitrogens with one attached hydrogen (secondary N) is 2. The summed E-state index contributed by atoms with van der Waals surface area (Å²) in [5.41, 5.74) is 1.26. The van der Waals surface area contributed by atoms with Gasteiger partial charge in [0.1, 0.15) is 0 Å². The van der Waals surface area contributed by atoms with Crippen LogP contribution in [0.15, 0.2) is 23.0 Å². The fraction of sp³-hybridized carbons (Fsp3) is 0.583. The van der Waals surface area contributed by atoms with Crippen molar-refractivity contribution in [2.75, 3.05) is 0 Å². The number of rotatable bonds is 3. The third kappa shape index (κ3) is 3.11. The zero-order valence-electron chi connectivity index (χ0n) is 8.96. The predicted octanol–water partition coefficient (Wildman–Crippen LogP) is 2.72. The molecule has 2 rings (SSSR count). The Hall–Kier alpha value is -1.25. The Morgan fingerprint density at radius 1 is 1.47 bits per heavy atom. The smallest absolute Gasteiger partial charge is 0.0934 e.